The van der Waals surface area contributed by atoms with Crippen LogP contribution in [0.25, 0.3) is 10.9 Å². The van der Waals surface area contributed by atoms with E-state index in [-0.39, 0.29) is 25.8 Å². The van der Waals surface area contributed by atoms with Gasteiger partial charge in [-0.1, -0.05) is 36.4 Å². The summed E-state index contributed by atoms with van der Waals surface area (Å²) >= 11 is 0. The number of rotatable bonds is 5. The third kappa shape index (κ3) is 3.85. The molecule has 1 aromatic heterocycles. The summed E-state index contributed by atoms with van der Waals surface area (Å²) in [6, 6.07) is 15.2. The van der Waals surface area contributed by atoms with E-state index < -0.39 is 11.9 Å². The maximum Gasteiger partial charge on any atom is 0.340 e. The highest BCUT2D eigenvalue weighted by atomic mass is 16.5. The molecule has 1 aliphatic rings. The minimum absolute atomic E-state index is 0.100. The van der Waals surface area contributed by atoms with Crippen LogP contribution in [0.4, 0.5) is 0 Å². The summed E-state index contributed by atoms with van der Waals surface area (Å²) in [5, 5.41) is 0.868. The standard InChI is InChI=1S/C24H23NO5/c1-3-28-24(27)22-15(2)18-9-5-6-10-19(18)25-20(22)14-30-23(26)17-12-16-8-4-7-11-21(16)29-13-17/h4-11,17H,3,12-14H2,1-2H3/t17-/m1/s1. The number of hydrogen-bond acceptors (Lipinski definition) is 6. The smallest absolute Gasteiger partial charge is 0.340 e. The number of benzene rings is 2. The van der Waals surface area contributed by atoms with Crippen molar-refractivity contribution in [3.05, 3.63) is 70.9 Å². The van der Waals surface area contributed by atoms with E-state index in [0.717, 1.165) is 27.8 Å². The zero-order valence-electron chi connectivity index (χ0n) is 17.0. The van der Waals surface area contributed by atoms with E-state index in [1.54, 1.807) is 6.92 Å². The lowest BCUT2D eigenvalue weighted by Gasteiger charge is -2.24. The second-order valence-corrected chi connectivity index (χ2v) is 7.22. The molecule has 154 valence electrons. The lowest BCUT2D eigenvalue weighted by Crippen LogP contribution is -2.30. The van der Waals surface area contributed by atoms with Crippen molar-refractivity contribution in [3.8, 4) is 5.75 Å². The summed E-state index contributed by atoms with van der Waals surface area (Å²) in [7, 11) is 0. The average molecular weight is 405 g/mol. The van der Waals surface area contributed by atoms with Crippen molar-refractivity contribution in [1.29, 1.82) is 0 Å². The lowest BCUT2D eigenvalue weighted by atomic mass is 9.97. The van der Waals surface area contributed by atoms with Crippen molar-refractivity contribution in [2.45, 2.75) is 26.9 Å². The Balaban J connectivity index is 1.56. The molecule has 0 bridgehead atoms. The molecule has 30 heavy (non-hydrogen) atoms. The SMILES string of the molecule is CCOC(=O)c1c(COC(=O)[C@H]2COc3ccccc3C2)nc2ccccc2c1C. The fourth-order valence-electron chi connectivity index (χ4n) is 3.76. The van der Waals surface area contributed by atoms with Gasteiger partial charge in [0.05, 0.1) is 29.3 Å². The van der Waals surface area contributed by atoms with E-state index in [9.17, 15) is 9.59 Å². The van der Waals surface area contributed by atoms with Crippen LogP contribution in [0.2, 0.25) is 0 Å². The molecular weight excluding hydrogens is 382 g/mol. The summed E-state index contributed by atoms with van der Waals surface area (Å²) in [5.74, 6) is -0.424. The number of carbonyl (C=O) groups is 2. The molecule has 1 atom stereocenters. The summed E-state index contributed by atoms with van der Waals surface area (Å²) in [6.07, 6.45) is 0.559. The number of esters is 2. The van der Waals surface area contributed by atoms with Gasteiger partial charge in [0, 0.05) is 5.39 Å². The minimum atomic E-state index is -0.464. The maximum atomic E-state index is 12.7. The number of fused-ring (bicyclic) bond motifs is 2. The van der Waals surface area contributed by atoms with Crippen molar-refractivity contribution >= 4 is 22.8 Å². The first kappa shape index (κ1) is 19.9. The predicted octanol–water partition coefficient (Wildman–Crippen LogP) is 4.01. The highest BCUT2D eigenvalue weighted by Crippen LogP contribution is 2.28. The van der Waals surface area contributed by atoms with E-state index in [2.05, 4.69) is 4.98 Å². The van der Waals surface area contributed by atoms with Crippen molar-refractivity contribution in [2.75, 3.05) is 13.2 Å². The van der Waals surface area contributed by atoms with Gasteiger partial charge in [0.1, 0.15) is 19.0 Å². The second kappa shape index (κ2) is 8.53. The van der Waals surface area contributed by atoms with Crippen LogP contribution in [0.5, 0.6) is 5.75 Å². The number of carbonyl (C=O) groups excluding carboxylic acids is 2. The molecule has 2 heterocycles. The highest BCUT2D eigenvalue weighted by molar-refractivity contribution is 5.98. The molecule has 6 nitrogen and oxygen atoms in total. The molecule has 0 saturated heterocycles. The Hall–Kier alpha value is -3.41. The van der Waals surface area contributed by atoms with Gasteiger partial charge in [-0.25, -0.2) is 9.78 Å². The van der Waals surface area contributed by atoms with Gasteiger partial charge in [0.25, 0.3) is 0 Å². The zero-order chi connectivity index (χ0) is 21.1. The zero-order valence-corrected chi connectivity index (χ0v) is 17.0. The van der Waals surface area contributed by atoms with E-state index in [0.29, 0.717) is 17.7 Å². The van der Waals surface area contributed by atoms with Gasteiger partial charge in [0.2, 0.25) is 0 Å². The molecule has 6 heteroatoms. The van der Waals surface area contributed by atoms with Gasteiger partial charge in [-0.2, -0.15) is 0 Å². The molecule has 0 unspecified atom stereocenters. The second-order valence-electron chi connectivity index (χ2n) is 7.22. The largest absolute Gasteiger partial charge is 0.492 e. The predicted molar refractivity (Wildman–Crippen MR) is 111 cm³/mol. The number of nitrogens with zero attached hydrogens (tertiary/aromatic N) is 1. The number of aryl methyl sites for hydroxylation is 1. The van der Waals surface area contributed by atoms with Gasteiger partial charge >= 0.3 is 11.9 Å². The molecule has 0 saturated carbocycles. The average Bonchev–Trinajstić information content (AvgIpc) is 2.77. The minimum Gasteiger partial charge on any atom is -0.492 e. The van der Waals surface area contributed by atoms with Crippen LogP contribution < -0.4 is 4.74 Å². The molecular formula is C24H23NO5. The van der Waals surface area contributed by atoms with Crippen LogP contribution in [0.15, 0.2) is 48.5 Å². The van der Waals surface area contributed by atoms with Gasteiger partial charge in [-0.3, -0.25) is 4.79 Å². The number of aromatic nitrogens is 1. The number of pyridine rings is 1. The van der Waals surface area contributed by atoms with Gasteiger partial charge in [0.15, 0.2) is 0 Å². The van der Waals surface area contributed by atoms with Gasteiger partial charge in [-0.15, -0.1) is 0 Å². The Morgan fingerprint density at radius 1 is 1.10 bits per heavy atom. The first-order chi connectivity index (χ1) is 14.6. The lowest BCUT2D eigenvalue weighted by molar-refractivity contribution is -0.151. The molecule has 0 spiro atoms. The third-order valence-corrected chi connectivity index (χ3v) is 5.27. The van der Waals surface area contributed by atoms with Gasteiger partial charge in [-0.05, 0) is 43.5 Å². The third-order valence-electron chi connectivity index (χ3n) is 5.27. The number of para-hydroxylation sites is 2. The first-order valence-corrected chi connectivity index (χ1v) is 10.0. The highest BCUT2D eigenvalue weighted by Gasteiger charge is 2.28. The molecule has 1 aliphatic heterocycles. The topological polar surface area (TPSA) is 74.7 Å². The van der Waals surface area contributed by atoms with Crippen LogP contribution in [0.1, 0.15) is 34.1 Å². The van der Waals surface area contributed by atoms with Crippen LogP contribution >= 0.6 is 0 Å². The monoisotopic (exact) mass is 405 g/mol. The van der Waals surface area contributed by atoms with Crippen LogP contribution in [0.3, 0.4) is 0 Å². The molecule has 0 fully saturated rings. The quantitative estimate of drug-likeness (QED) is 0.597. The molecule has 0 N–H and O–H groups in total. The molecule has 3 aromatic rings. The fraction of sp³-hybridized carbons (Fsp3) is 0.292. The first-order valence-electron chi connectivity index (χ1n) is 10.0. The Morgan fingerprint density at radius 3 is 2.70 bits per heavy atom. The van der Waals surface area contributed by atoms with E-state index >= 15 is 0 Å². The van der Waals surface area contributed by atoms with E-state index in [1.807, 2.05) is 55.5 Å². The van der Waals surface area contributed by atoms with Crippen molar-refractivity contribution in [3.63, 3.8) is 0 Å². The van der Waals surface area contributed by atoms with E-state index in [4.69, 9.17) is 14.2 Å². The molecule has 0 amide bonds. The Morgan fingerprint density at radius 2 is 1.87 bits per heavy atom. The van der Waals surface area contributed by atoms with Crippen LogP contribution in [-0.4, -0.2) is 30.1 Å². The van der Waals surface area contributed by atoms with Crippen molar-refractivity contribution in [2.24, 2.45) is 5.92 Å². The Labute approximate surface area is 174 Å². The van der Waals surface area contributed by atoms with Crippen LogP contribution in [-0.2, 0) is 27.3 Å². The van der Waals surface area contributed by atoms with Crippen LogP contribution in [0, 0.1) is 12.8 Å². The fourth-order valence-corrected chi connectivity index (χ4v) is 3.76. The number of ether oxygens (including phenoxy) is 3. The molecule has 0 aliphatic carbocycles. The summed E-state index contributed by atoms with van der Waals surface area (Å²) in [5.41, 5.74) is 3.24. The van der Waals surface area contributed by atoms with Crippen molar-refractivity contribution in [1.82, 2.24) is 4.98 Å². The van der Waals surface area contributed by atoms with E-state index in [1.165, 1.54) is 0 Å². The van der Waals surface area contributed by atoms with Crippen molar-refractivity contribution < 1.29 is 23.8 Å². The molecule has 0 radical (unpaired) electrons. The summed E-state index contributed by atoms with van der Waals surface area (Å²) in [6.45, 7) is 4.03. The molecule has 4 rings (SSSR count). The summed E-state index contributed by atoms with van der Waals surface area (Å²) in [4.78, 5) is 29.9. The molecule has 2 aromatic carbocycles. The normalized spacial score (nSPS) is 15.2. The number of hydrogen-bond donors (Lipinski definition) is 0. The van der Waals surface area contributed by atoms with Gasteiger partial charge < -0.3 is 14.2 Å². The Kier molecular flexibility index (Phi) is 5.65. The summed E-state index contributed by atoms with van der Waals surface area (Å²) < 4.78 is 16.5. The maximum absolute atomic E-state index is 12.7. The Bertz CT molecular complexity index is 1110.